The molecule has 1 aromatic rings. The molecule has 0 atom stereocenters. The van der Waals surface area contributed by atoms with E-state index in [-0.39, 0.29) is 0 Å². The van der Waals surface area contributed by atoms with Crippen LogP contribution in [0.2, 0.25) is 0 Å². The molecule has 0 unspecified atom stereocenters. The molecule has 1 aromatic carbocycles. The van der Waals surface area contributed by atoms with Crippen molar-refractivity contribution in [2.75, 3.05) is 13.1 Å². The molecule has 0 aromatic heterocycles. The molecule has 2 rings (SSSR count). The second kappa shape index (κ2) is 5.09. The average Bonchev–Trinajstić information content (AvgIpc) is 2.35. The first-order valence-corrected chi connectivity index (χ1v) is 6.62. The molecule has 1 fully saturated rings. The molecule has 1 aliphatic heterocycles. The number of likely N-dealkylation sites (tertiary alicyclic amines) is 1. The zero-order valence-electron chi connectivity index (χ0n) is 10.9. The Morgan fingerprint density at radius 2 is 1.88 bits per heavy atom. The molecule has 2 nitrogen and oxygen atoms in total. The lowest BCUT2D eigenvalue weighted by Gasteiger charge is -2.39. The maximum absolute atomic E-state index is 9.76. The fraction of sp³-hybridized carbons (Fsp3) is 0.600. The van der Waals surface area contributed by atoms with Gasteiger partial charge in [0, 0.05) is 12.1 Å². The molecule has 1 aliphatic rings. The zero-order chi connectivity index (χ0) is 12.3. The maximum Gasteiger partial charge on any atom is 0.120 e. The Hall–Kier alpha value is -1.02. The molecule has 0 amide bonds. The molecular weight excluding hydrogens is 210 g/mol. The molecule has 0 radical (unpaired) electrons. The standard InChI is InChI=1S/C15H23NO/c1-3-15(2)8-10-16(11-9-15)12-13-6-4-5-7-14(13)17/h4-7,17H,3,8-12H2,1-2H3. The van der Waals surface area contributed by atoms with E-state index in [1.54, 1.807) is 6.07 Å². The minimum Gasteiger partial charge on any atom is -0.508 e. The monoisotopic (exact) mass is 233 g/mol. The van der Waals surface area contributed by atoms with Crippen LogP contribution in [0.3, 0.4) is 0 Å². The predicted octanol–water partition coefficient (Wildman–Crippen LogP) is 3.40. The lowest BCUT2D eigenvalue weighted by Crippen LogP contribution is -2.37. The number of nitrogens with zero attached hydrogens (tertiary/aromatic N) is 1. The van der Waals surface area contributed by atoms with Crippen LogP contribution in [0.15, 0.2) is 24.3 Å². The summed E-state index contributed by atoms with van der Waals surface area (Å²) < 4.78 is 0. The number of rotatable bonds is 3. The Kier molecular flexibility index (Phi) is 3.72. The number of phenolic OH excluding ortho intramolecular Hbond substituents is 1. The lowest BCUT2D eigenvalue weighted by molar-refractivity contribution is 0.109. The van der Waals surface area contributed by atoms with Crippen LogP contribution in [0, 0.1) is 5.41 Å². The Balaban J connectivity index is 1.93. The Morgan fingerprint density at radius 3 is 2.47 bits per heavy atom. The van der Waals surface area contributed by atoms with Crippen LogP contribution in [0.1, 0.15) is 38.7 Å². The summed E-state index contributed by atoms with van der Waals surface area (Å²) in [6.45, 7) is 7.87. The summed E-state index contributed by atoms with van der Waals surface area (Å²) in [6, 6.07) is 7.66. The number of para-hydroxylation sites is 1. The van der Waals surface area contributed by atoms with Gasteiger partial charge in [0.2, 0.25) is 0 Å². The van der Waals surface area contributed by atoms with Crippen molar-refractivity contribution in [3.05, 3.63) is 29.8 Å². The van der Waals surface area contributed by atoms with Crippen LogP contribution in [0.4, 0.5) is 0 Å². The highest BCUT2D eigenvalue weighted by Crippen LogP contribution is 2.34. The van der Waals surface area contributed by atoms with Crippen LogP contribution >= 0.6 is 0 Å². The van der Waals surface area contributed by atoms with E-state index < -0.39 is 0 Å². The van der Waals surface area contributed by atoms with E-state index in [0.717, 1.165) is 25.2 Å². The minimum absolute atomic E-state index is 0.427. The smallest absolute Gasteiger partial charge is 0.120 e. The lowest BCUT2D eigenvalue weighted by atomic mass is 9.78. The number of benzene rings is 1. The molecule has 0 bridgehead atoms. The number of aromatic hydroxyl groups is 1. The highest BCUT2D eigenvalue weighted by molar-refractivity contribution is 5.31. The van der Waals surface area contributed by atoms with Crippen molar-refractivity contribution in [1.29, 1.82) is 0 Å². The molecule has 0 spiro atoms. The summed E-state index contributed by atoms with van der Waals surface area (Å²) in [7, 11) is 0. The van der Waals surface area contributed by atoms with Crippen molar-refractivity contribution >= 4 is 0 Å². The fourth-order valence-electron chi connectivity index (χ4n) is 2.49. The van der Waals surface area contributed by atoms with Gasteiger partial charge in [-0.2, -0.15) is 0 Å². The van der Waals surface area contributed by atoms with Gasteiger partial charge in [-0.25, -0.2) is 0 Å². The first-order chi connectivity index (χ1) is 8.13. The van der Waals surface area contributed by atoms with E-state index in [0.29, 0.717) is 11.2 Å². The van der Waals surface area contributed by atoms with Gasteiger partial charge in [0.05, 0.1) is 0 Å². The van der Waals surface area contributed by atoms with Crippen molar-refractivity contribution in [1.82, 2.24) is 4.90 Å². The van der Waals surface area contributed by atoms with Gasteiger partial charge < -0.3 is 5.11 Å². The largest absolute Gasteiger partial charge is 0.508 e. The van der Waals surface area contributed by atoms with Gasteiger partial charge in [-0.3, -0.25) is 4.90 Å². The molecule has 0 saturated carbocycles. The summed E-state index contributed by atoms with van der Waals surface area (Å²) in [5.41, 5.74) is 1.59. The quantitative estimate of drug-likeness (QED) is 0.865. The van der Waals surface area contributed by atoms with Crippen molar-refractivity contribution in [3.8, 4) is 5.75 Å². The van der Waals surface area contributed by atoms with Gasteiger partial charge >= 0.3 is 0 Å². The molecule has 0 aliphatic carbocycles. The van der Waals surface area contributed by atoms with Crippen LogP contribution in [-0.4, -0.2) is 23.1 Å². The van der Waals surface area contributed by atoms with Crippen molar-refractivity contribution in [2.45, 2.75) is 39.7 Å². The van der Waals surface area contributed by atoms with E-state index in [9.17, 15) is 5.11 Å². The van der Waals surface area contributed by atoms with E-state index in [4.69, 9.17) is 0 Å². The van der Waals surface area contributed by atoms with E-state index in [1.165, 1.54) is 19.3 Å². The Morgan fingerprint density at radius 1 is 1.24 bits per heavy atom. The van der Waals surface area contributed by atoms with E-state index >= 15 is 0 Å². The SMILES string of the molecule is CCC1(C)CCN(Cc2ccccc2O)CC1. The molecule has 1 heterocycles. The predicted molar refractivity (Wildman–Crippen MR) is 71.0 cm³/mol. The fourth-order valence-corrected chi connectivity index (χ4v) is 2.49. The first-order valence-electron chi connectivity index (χ1n) is 6.62. The minimum atomic E-state index is 0.427. The zero-order valence-corrected chi connectivity index (χ0v) is 10.9. The Labute approximate surface area is 104 Å². The Bertz CT molecular complexity index is 367. The first kappa shape index (κ1) is 12.4. The number of hydrogen-bond acceptors (Lipinski definition) is 2. The summed E-state index contributed by atoms with van der Waals surface area (Å²) in [6.07, 6.45) is 3.83. The van der Waals surface area contributed by atoms with Gasteiger partial charge in [-0.05, 0) is 37.4 Å². The van der Waals surface area contributed by atoms with Gasteiger partial charge in [-0.15, -0.1) is 0 Å². The third kappa shape index (κ3) is 3.01. The molecular formula is C15H23NO. The van der Waals surface area contributed by atoms with Crippen LogP contribution in [0.5, 0.6) is 5.75 Å². The summed E-state index contributed by atoms with van der Waals surface area (Å²) >= 11 is 0. The third-order valence-electron chi connectivity index (χ3n) is 4.30. The second-order valence-corrected chi connectivity index (χ2v) is 5.57. The van der Waals surface area contributed by atoms with Crippen LogP contribution < -0.4 is 0 Å². The summed E-state index contributed by atoms with van der Waals surface area (Å²) in [4.78, 5) is 2.45. The van der Waals surface area contributed by atoms with Crippen LogP contribution in [-0.2, 0) is 6.54 Å². The van der Waals surface area contributed by atoms with Gasteiger partial charge in [0.25, 0.3) is 0 Å². The maximum atomic E-state index is 9.76. The highest BCUT2D eigenvalue weighted by Gasteiger charge is 2.28. The highest BCUT2D eigenvalue weighted by atomic mass is 16.3. The summed E-state index contributed by atoms with van der Waals surface area (Å²) in [5, 5.41) is 9.76. The molecule has 17 heavy (non-hydrogen) atoms. The van der Waals surface area contributed by atoms with Crippen molar-refractivity contribution < 1.29 is 5.11 Å². The number of phenols is 1. The van der Waals surface area contributed by atoms with E-state index in [1.807, 2.05) is 18.2 Å². The topological polar surface area (TPSA) is 23.5 Å². The van der Waals surface area contributed by atoms with Gasteiger partial charge in [0.1, 0.15) is 5.75 Å². The van der Waals surface area contributed by atoms with Gasteiger partial charge in [0.15, 0.2) is 0 Å². The van der Waals surface area contributed by atoms with Gasteiger partial charge in [-0.1, -0.05) is 38.5 Å². The van der Waals surface area contributed by atoms with Crippen molar-refractivity contribution in [3.63, 3.8) is 0 Å². The summed E-state index contributed by atoms with van der Waals surface area (Å²) in [5.74, 6) is 0.427. The normalized spacial score (nSPS) is 20.4. The average molecular weight is 233 g/mol. The van der Waals surface area contributed by atoms with Crippen LogP contribution in [0.25, 0.3) is 0 Å². The molecule has 1 N–H and O–H groups in total. The van der Waals surface area contributed by atoms with E-state index in [2.05, 4.69) is 18.7 Å². The number of piperidine rings is 1. The molecule has 2 heteroatoms. The molecule has 94 valence electrons. The molecule has 1 saturated heterocycles. The number of hydrogen-bond donors (Lipinski definition) is 1. The second-order valence-electron chi connectivity index (χ2n) is 5.57. The van der Waals surface area contributed by atoms with Crippen molar-refractivity contribution in [2.24, 2.45) is 5.41 Å². The third-order valence-corrected chi connectivity index (χ3v) is 4.30.